The van der Waals surface area contributed by atoms with Gasteiger partial charge in [0.1, 0.15) is 6.61 Å². The summed E-state index contributed by atoms with van der Waals surface area (Å²) < 4.78 is 17.5. The predicted molar refractivity (Wildman–Crippen MR) is 270 cm³/mol. The van der Waals surface area contributed by atoms with Gasteiger partial charge < -0.3 is 14.2 Å². The largest absolute Gasteiger partial charge is 0.462 e. The lowest BCUT2D eigenvalue weighted by molar-refractivity contribution is -0.163. The Bertz CT molecular complexity index is 943. The van der Waals surface area contributed by atoms with E-state index in [1.54, 1.807) is 0 Å². The molecule has 0 aliphatic heterocycles. The molecular formula is C57H108O5. The van der Waals surface area contributed by atoms with E-state index in [-0.39, 0.29) is 18.5 Å². The highest BCUT2D eigenvalue weighted by molar-refractivity contribution is 5.70. The Labute approximate surface area is 387 Å². The van der Waals surface area contributed by atoms with Crippen LogP contribution in [-0.2, 0) is 23.8 Å². The van der Waals surface area contributed by atoms with Crippen LogP contribution in [0, 0.1) is 0 Å². The van der Waals surface area contributed by atoms with Crippen molar-refractivity contribution in [3.8, 4) is 0 Å². The molecule has 0 aromatic carbocycles. The van der Waals surface area contributed by atoms with E-state index in [1.165, 1.54) is 218 Å². The summed E-state index contributed by atoms with van der Waals surface area (Å²) in [6.07, 6.45) is 63.3. The standard InChI is InChI=1S/C57H108O5/c1-4-7-10-13-16-19-22-25-27-28-29-31-34-37-40-43-46-49-52-60-53-55(62-57(59)51-48-45-42-39-36-32-24-21-18-15-12-9-6-3)54-61-56(58)50-47-44-41-38-35-33-30-26-23-20-17-14-11-8-5-2/h17,20,26,30,55H,4-16,18-19,21-25,27-29,31-54H2,1-3H3/b20-17-,30-26-. The average molecular weight is 873 g/mol. The number of carbonyl (C=O) groups is 2. The molecule has 0 heterocycles. The second-order valence-corrected chi connectivity index (χ2v) is 18.9. The molecular weight excluding hydrogens is 765 g/mol. The fraction of sp³-hybridized carbons (Fsp3) is 0.895. The van der Waals surface area contributed by atoms with Gasteiger partial charge in [-0.2, -0.15) is 0 Å². The zero-order valence-corrected chi connectivity index (χ0v) is 42.2. The number of unbranched alkanes of at least 4 members (excludes halogenated alkanes) is 37. The van der Waals surface area contributed by atoms with Crippen molar-refractivity contribution in [3.63, 3.8) is 0 Å². The highest BCUT2D eigenvalue weighted by Crippen LogP contribution is 2.16. The SMILES string of the molecule is CCCCC/C=C\C/C=C\CCCCCCCC(=O)OCC(COCCCCCCCCCCCCCCCCCCCC)OC(=O)CCCCCCCCCCCCCCC. The van der Waals surface area contributed by atoms with E-state index in [9.17, 15) is 9.59 Å². The average Bonchev–Trinajstić information content (AvgIpc) is 3.27. The van der Waals surface area contributed by atoms with Gasteiger partial charge in [0.2, 0.25) is 0 Å². The molecule has 0 saturated carbocycles. The van der Waals surface area contributed by atoms with Crippen molar-refractivity contribution in [2.45, 2.75) is 309 Å². The van der Waals surface area contributed by atoms with Gasteiger partial charge in [0, 0.05) is 19.4 Å². The minimum atomic E-state index is -0.534. The van der Waals surface area contributed by atoms with Crippen LogP contribution in [0.3, 0.4) is 0 Å². The Morgan fingerprint density at radius 1 is 0.355 bits per heavy atom. The molecule has 0 N–H and O–H groups in total. The van der Waals surface area contributed by atoms with E-state index < -0.39 is 6.10 Å². The molecule has 366 valence electrons. The van der Waals surface area contributed by atoms with Gasteiger partial charge in [-0.1, -0.05) is 263 Å². The minimum absolute atomic E-state index is 0.0859. The predicted octanol–water partition coefficient (Wildman–Crippen LogP) is 18.8. The van der Waals surface area contributed by atoms with Crippen LogP contribution >= 0.6 is 0 Å². The van der Waals surface area contributed by atoms with Crippen molar-refractivity contribution in [1.29, 1.82) is 0 Å². The van der Waals surface area contributed by atoms with Gasteiger partial charge in [0.05, 0.1) is 6.61 Å². The zero-order valence-electron chi connectivity index (χ0n) is 42.2. The van der Waals surface area contributed by atoms with Crippen molar-refractivity contribution in [2.24, 2.45) is 0 Å². The maximum absolute atomic E-state index is 12.8. The molecule has 5 nitrogen and oxygen atoms in total. The van der Waals surface area contributed by atoms with Crippen LogP contribution in [0.4, 0.5) is 0 Å². The Morgan fingerprint density at radius 3 is 1.10 bits per heavy atom. The fourth-order valence-electron chi connectivity index (χ4n) is 8.31. The van der Waals surface area contributed by atoms with E-state index >= 15 is 0 Å². The Kier molecular flexibility index (Phi) is 52.3. The second kappa shape index (κ2) is 53.7. The van der Waals surface area contributed by atoms with Crippen LogP contribution in [-0.4, -0.2) is 37.9 Å². The number of hydrogen-bond donors (Lipinski definition) is 0. The molecule has 0 fully saturated rings. The smallest absolute Gasteiger partial charge is 0.306 e. The van der Waals surface area contributed by atoms with Gasteiger partial charge in [-0.15, -0.1) is 0 Å². The number of rotatable bonds is 52. The number of carbonyl (C=O) groups excluding carboxylic acids is 2. The Balaban J connectivity index is 4.21. The van der Waals surface area contributed by atoms with Crippen LogP contribution in [0.15, 0.2) is 24.3 Å². The quantitative estimate of drug-likeness (QED) is 0.0346. The normalized spacial score (nSPS) is 12.2. The van der Waals surface area contributed by atoms with Crippen LogP contribution in [0.1, 0.15) is 303 Å². The monoisotopic (exact) mass is 873 g/mol. The van der Waals surface area contributed by atoms with Gasteiger partial charge >= 0.3 is 11.9 Å². The molecule has 1 unspecified atom stereocenters. The third-order valence-electron chi connectivity index (χ3n) is 12.5. The fourth-order valence-corrected chi connectivity index (χ4v) is 8.31. The number of esters is 2. The zero-order chi connectivity index (χ0) is 44.9. The lowest BCUT2D eigenvalue weighted by atomic mass is 10.0. The lowest BCUT2D eigenvalue weighted by Gasteiger charge is -2.18. The molecule has 0 aromatic heterocycles. The van der Waals surface area contributed by atoms with Gasteiger partial charge in [0.25, 0.3) is 0 Å². The van der Waals surface area contributed by atoms with Crippen LogP contribution in [0.5, 0.6) is 0 Å². The maximum Gasteiger partial charge on any atom is 0.306 e. The molecule has 0 radical (unpaired) electrons. The molecule has 62 heavy (non-hydrogen) atoms. The van der Waals surface area contributed by atoms with Gasteiger partial charge in [-0.3, -0.25) is 9.59 Å². The van der Waals surface area contributed by atoms with Crippen LogP contribution in [0.25, 0.3) is 0 Å². The molecule has 0 aliphatic carbocycles. The first kappa shape index (κ1) is 60.4. The first-order valence-electron chi connectivity index (χ1n) is 27.9. The van der Waals surface area contributed by atoms with E-state index in [1.807, 2.05) is 0 Å². The summed E-state index contributed by atoms with van der Waals surface area (Å²) in [6, 6.07) is 0. The summed E-state index contributed by atoms with van der Waals surface area (Å²) in [6.45, 7) is 7.85. The highest BCUT2D eigenvalue weighted by Gasteiger charge is 2.17. The Morgan fingerprint density at radius 2 is 0.677 bits per heavy atom. The molecule has 1 atom stereocenters. The third kappa shape index (κ3) is 51.0. The summed E-state index contributed by atoms with van der Waals surface area (Å²) in [4.78, 5) is 25.4. The van der Waals surface area contributed by atoms with Gasteiger partial charge in [-0.25, -0.2) is 0 Å². The van der Waals surface area contributed by atoms with Crippen molar-refractivity contribution in [2.75, 3.05) is 19.8 Å². The van der Waals surface area contributed by atoms with E-state index in [4.69, 9.17) is 14.2 Å². The molecule has 0 aromatic rings. The summed E-state index contributed by atoms with van der Waals surface area (Å²) in [7, 11) is 0. The highest BCUT2D eigenvalue weighted by atomic mass is 16.6. The molecule has 0 aliphatic rings. The third-order valence-corrected chi connectivity index (χ3v) is 12.5. The molecule has 0 rings (SSSR count). The molecule has 0 bridgehead atoms. The maximum atomic E-state index is 12.8. The summed E-state index contributed by atoms with van der Waals surface area (Å²) >= 11 is 0. The topological polar surface area (TPSA) is 61.8 Å². The van der Waals surface area contributed by atoms with Crippen molar-refractivity contribution in [3.05, 3.63) is 24.3 Å². The van der Waals surface area contributed by atoms with E-state index in [0.717, 1.165) is 51.4 Å². The summed E-state index contributed by atoms with van der Waals surface area (Å²) in [5.41, 5.74) is 0. The van der Waals surface area contributed by atoms with Crippen LogP contribution in [0.2, 0.25) is 0 Å². The first-order valence-corrected chi connectivity index (χ1v) is 27.9. The summed E-state index contributed by atoms with van der Waals surface area (Å²) in [5.74, 6) is -0.392. The molecule has 5 heteroatoms. The van der Waals surface area contributed by atoms with Gasteiger partial charge in [0.15, 0.2) is 6.10 Å². The molecule has 0 saturated heterocycles. The van der Waals surface area contributed by atoms with Crippen LogP contribution < -0.4 is 0 Å². The van der Waals surface area contributed by atoms with E-state index in [0.29, 0.717) is 26.1 Å². The van der Waals surface area contributed by atoms with Gasteiger partial charge in [-0.05, 0) is 51.4 Å². The minimum Gasteiger partial charge on any atom is -0.462 e. The lowest BCUT2D eigenvalue weighted by Crippen LogP contribution is -2.30. The van der Waals surface area contributed by atoms with Crippen molar-refractivity contribution >= 4 is 11.9 Å². The van der Waals surface area contributed by atoms with Crippen molar-refractivity contribution < 1.29 is 23.8 Å². The number of allylic oxidation sites excluding steroid dienone is 4. The van der Waals surface area contributed by atoms with E-state index in [2.05, 4.69) is 45.1 Å². The second-order valence-electron chi connectivity index (χ2n) is 18.9. The first-order chi connectivity index (χ1) is 30.6. The molecule has 0 amide bonds. The summed E-state index contributed by atoms with van der Waals surface area (Å²) in [5, 5.41) is 0. The Hall–Kier alpha value is -1.62. The number of hydrogen-bond acceptors (Lipinski definition) is 5. The molecule has 0 spiro atoms. The number of ether oxygens (including phenoxy) is 3. The van der Waals surface area contributed by atoms with Crippen molar-refractivity contribution in [1.82, 2.24) is 0 Å².